The molecule has 0 saturated carbocycles. The van der Waals surface area contributed by atoms with Crippen LogP contribution >= 0.6 is 0 Å². The molecule has 3 aliphatic carbocycles. The normalized spacial score (nSPS) is 21.3. The molecule has 0 bridgehead atoms. The zero-order valence-corrected chi connectivity index (χ0v) is 18.6. The van der Waals surface area contributed by atoms with E-state index >= 15 is 0 Å². The smallest absolute Gasteiger partial charge is 0.0707 e. The maximum atomic E-state index is 2.48. The lowest BCUT2D eigenvalue weighted by atomic mass is 9.65. The lowest BCUT2D eigenvalue weighted by Crippen LogP contribution is -2.30. The highest BCUT2D eigenvalue weighted by Gasteiger charge is 2.47. The van der Waals surface area contributed by atoms with Crippen LogP contribution in [0.15, 0.2) is 114 Å². The molecule has 0 nitrogen and oxygen atoms in total. The molecule has 1 unspecified atom stereocenters. The molecule has 0 radical (unpaired) electrons. The Bertz CT molecular complexity index is 1310. The lowest BCUT2D eigenvalue weighted by molar-refractivity contribution is 0.741. The first-order valence-corrected chi connectivity index (χ1v) is 11.8. The van der Waals surface area contributed by atoms with Gasteiger partial charge in [0.1, 0.15) is 0 Å². The van der Waals surface area contributed by atoms with Gasteiger partial charge in [0.25, 0.3) is 0 Å². The largest absolute Gasteiger partial charge is 0.0839 e. The SMILES string of the molecule is Cc1cccc(-c2ccc3c(c2)C2=C(C=CCC2)C3(C2=CCCC=C2)c2ccccc2)c1. The third-order valence-corrected chi connectivity index (χ3v) is 7.31. The quantitative estimate of drug-likeness (QED) is 0.405. The third kappa shape index (κ3) is 2.83. The standard InChI is InChI=1S/C32H28/c1-23-11-10-12-24(21-23)25-19-20-31-29(22-25)28-17-8-9-18-30(28)32(31,26-13-4-2-5-14-26)27-15-6-3-7-16-27/h2,4-6,9-16,18-22H,3,7-8,17H2,1H3. The maximum Gasteiger partial charge on any atom is 0.0707 e. The molecular weight excluding hydrogens is 384 g/mol. The molecule has 0 aromatic heterocycles. The van der Waals surface area contributed by atoms with Crippen LogP contribution in [0.3, 0.4) is 0 Å². The van der Waals surface area contributed by atoms with Crippen molar-refractivity contribution in [2.75, 3.05) is 0 Å². The first-order valence-electron chi connectivity index (χ1n) is 11.8. The molecule has 156 valence electrons. The Kier molecular flexibility index (Phi) is 4.61. The van der Waals surface area contributed by atoms with E-state index in [9.17, 15) is 0 Å². The van der Waals surface area contributed by atoms with Gasteiger partial charge in [-0.25, -0.2) is 0 Å². The predicted octanol–water partition coefficient (Wildman–Crippen LogP) is 8.34. The lowest BCUT2D eigenvalue weighted by Gasteiger charge is -2.37. The van der Waals surface area contributed by atoms with E-state index in [1.165, 1.54) is 50.1 Å². The third-order valence-electron chi connectivity index (χ3n) is 7.31. The van der Waals surface area contributed by atoms with Gasteiger partial charge in [0.15, 0.2) is 0 Å². The van der Waals surface area contributed by atoms with Crippen LogP contribution in [0, 0.1) is 6.92 Å². The zero-order chi connectivity index (χ0) is 21.5. The summed E-state index contributed by atoms with van der Waals surface area (Å²) in [4.78, 5) is 0. The Morgan fingerprint density at radius 3 is 2.38 bits per heavy atom. The van der Waals surface area contributed by atoms with Crippen molar-refractivity contribution < 1.29 is 0 Å². The van der Waals surface area contributed by atoms with Gasteiger partial charge in [0.05, 0.1) is 5.41 Å². The number of benzene rings is 3. The van der Waals surface area contributed by atoms with E-state index in [0.29, 0.717) is 0 Å². The molecule has 1 atom stereocenters. The molecule has 32 heavy (non-hydrogen) atoms. The average Bonchev–Trinajstić information content (AvgIpc) is 3.16. The fourth-order valence-corrected chi connectivity index (χ4v) is 5.93. The Hall–Kier alpha value is -3.38. The van der Waals surface area contributed by atoms with E-state index in [2.05, 4.69) is 110 Å². The molecule has 0 heterocycles. The summed E-state index contributed by atoms with van der Waals surface area (Å²) in [7, 11) is 0. The Morgan fingerprint density at radius 1 is 0.719 bits per heavy atom. The van der Waals surface area contributed by atoms with Crippen molar-refractivity contribution in [3.63, 3.8) is 0 Å². The first-order chi connectivity index (χ1) is 15.8. The van der Waals surface area contributed by atoms with E-state index in [-0.39, 0.29) is 5.41 Å². The number of aryl methyl sites for hydroxylation is 1. The summed E-state index contributed by atoms with van der Waals surface area (Å²) in [6, 6.07) is 27.2. The number of fused-ring (bicyclic) bond motifs is 2. The van der Waals surface area contributed by atoms with E-state index in [4.69, 9.17) is 0 Å². The van der Waals surface area contributed by atoms with Crippen molar-refractivity contribution in [1.82, 2.24) is 0 Å². The topological polar surface area (TPSA) is 0 Å². The summed E-state index contributed by atoms with van der Waals surface area (Å²) in [6.45, 7) is 2.17. The van der Waals surface area contributed by atoms with E-state index in [1.54, 1.807) is 0 Å². The van der Waals surface area contributed by atoms with Crippen LogP contribution in [0.5, 0.6) is 0 Å². The Labute approximate surface area is 191 Å². The van der Waals surface area contributed by atoms with Crippen molar-refractivity contribution >= 4 is 5.57 Å². The van der Waals surface area contributed by atoms with E-state index < -0.39 is 0 Å². The summed E-state index contributed by atoms with van der Waals surface area (Å²) < 4.78 is 0. The molecule has 3 aromatic rings. The second-order valence-electron chi connectivity index (χ2n) is 9.22. The highest BCUT2D eigenvalue weighted by atomic mass is 14.5. The van der Waals surface area contributed by atoms with Gasteiger partial charge in [0.2, 0.25) is 0 Å². The molecule has 6 rings (SSSR count). The summed E-state index contributed by atoms with van der Waals surface area (Å²) in [5.41, 5.74) is 12.4. The molecule has 0 fully saturated rings. The molecule has 3 aromatic carbocycles. The van der Waals surface area contributed by atoms with Crippen molar-refractivity contribution in [2.24, 2.45) is 0 Å². The Balaban J connectivity index is 1.65. The minimum Gasteiger partial charge on any atom is -0.0839 e. The highest BCUT2D eigenvalue weighted by Crippen LogP contribution is 2.58. The molecule has 0 N–H and O–H groups in total. The van der Waals surface area contributed by atoms with Crippen molar-refractivity contribution in [2.45, 2.75) is 38.0 Å². The second-order valence-corrected chi connectivity index (χ2v) is 9.22. The first kappa shape index (κ1) is 19.3. The minimum atomic E-state index is -0.217. The van der Waals surface area contributed by atoms with Gasteiger partial charge in [-0.1, -0.05) is 103 Å². The zero-order valence-electron chi connectivity index (χ0n) is 18.6. The minimum absolute atomic E-state index is 0.217. The predicted molar refractivity (Wildman–Crippen MR) is 136 cm³/mol. The molecule has 0 aliphatic heterocycles. The van der Waals surface area contributed by atoms with Crippen LogP contribution in [0.25, 0.3) is 16.7 Å². The van der Waals surface area contributed by atoms with Crippen LogP contribution < -0.4 is 0 Å². The number of hydrogen-bond donors (Lipinski definition) is 0. The van der Waals surface area contributed by atoms with Gasteiger partial charge < -0.3 is 0 Å². The fourth-order valence-electron chi connectivity index (χ4n) is 5.93. The van der Waals surface area contributed by atoms with Crippen LogP contribution in [0.2, 0.25) is 0 Å². The van der Waals surface area contributed by atoms with Gasteiger partial charge in [-0.05, 0) is 83.2 Å². The van der Waals surface area contributed by atoms with Gasteiger partial charge in [0, 0.05) is 0 Å². The van der Waals surface area contributed by atoms with Crippen LogP contribution in [-0.4, -0.2) is 0 Å². The van der Waals surface area contributed by atoms with Crippen LogP contribution in [-0.2, 0) is 5.41 Å². The van der Waals surface area contributed by atoms with Gasteiger partial charge >= 0.3 is 0 Å². The van der Waals surface area contributed by atoms with Crippen molar-refractivity contribution in [1.29, 1.82) is 0 Å². The maximum absolute atomic E-state index is 2.48. The summed E-state index contributed by atoms with van der Waals surface area (Å²) >= 11 is 0. The average molecular weight is 413 g/mol. The van der Waals surface area contributed by atoms with E-state index in [0.717, 1.165) is 25.7 Å². The van der Waals surface area contributed by atoms with Crippen LogP contribution in [0.4, 0.5) is 0 Å². The summed E-state index contributed by atoms with van der Waals surface area (Å²) in [5, 5.41) is 0. The highest BCUT2D eigenvalue weighted by molar-refractivity contribution is 5.90. The monoisotopic (exact) mass is 412 g/mol. The molecule has 3 aliphatic rings. The van der Waals surface area contributed by atoms with E-state index in [1.807, 2.05) is 0 Å². The molecule has 0 heteroatoms. The van der Waals surface area contributed by atoms with Gasteiger partial charge in [-0.3, -0.25) is 0 Å². The fraction of sp³-hybridized carbons (Fsp3) is 0.188. The number of hydrogen-bond acceptors (Lipinski definition) is 0. The second kappa shape index (κ2) is 7.64. The number of rotatable bonds is 3. The Morgan fingerprint density at radius 2 is 1.56 bits per heavy atom. The summed E-state index contributed by atoms with van der Waals surface area (Å²) in [5.74, 6) is 0. The van der Waals surface area contributed by atoms with Crippen molar-refractivity contribution in [3.8, 4) is 11.1 Å². The molecule has 0 saturated heterocycles. The molecule has 0 spiro atoms. The summed E-state index contributed by atoms with van der Waals surface area (Å²) in [6.07, 6.45) is 16.5. The molecular formula is C32H28. The number of allylic oxidation sites excluding steroid dienone is 8. The van der Waals surface area contributed by atoms with Crippen molar-refractivity contribution in [3.05, 3.63) is 137 Å². The van der Waals surface area contributed by atoms with Crippen LogP contribution in [0.1, 0.15) is 47.9 Å². The van der Waals surface area contributed by atoms with Gasteiger partial charge in [-0.15, -0.1) is 0 Å². The van der Waals surface area contributed by atoms with Gasteiger partial charge in [-0.2, -0.15) is 0 Å². The molecule has 0 amide bonds.